The average Bonchev–Trinajstić information content (AvgIpc) is 3.09. The Morgan fingerprint density at radius 1 is 1.44 bits per heavy atom. The first kappa shape index (κ1) is 12.2. The number of nitrogens with one attached hydrogen (secondary N) is 1. The van der Waals surface area contributed by atoms with Crippen molar-refractivity contribution in [1.29, 1.82) is 0 Å². The smallest absolute Gasteiger partial charge is 0.0832 e. The maximum Gasteiger partial charge on any atom is 0.0832 e. The normalized spacial score (nSPS) is 15.0. The van der Waals surface area contributed by atoms with Crippen molar-refractivity contribution in [2.24, 2.45) is 0 Å². The molecule has 1 aliphatic rings. The molecular weight excluding hydrogens is 314 g/mol. The van der Waals surface area contributed by atoms with Crippen molar-refractivity contribution in [1.82, 2.24) is 15.1 Å². The second kappa shape index (κ2) is 5.03. The van der Waals surface area contributed by atoms with E-state index in [1.165, 1.54) is 18.4 Å². The molecule has 1 N–H and O–H groups in total. The van der Waals surface area contributed by atoms with Crippen molar-refractivity contribution in [3.05, 3.63) is 45.7 Å². The third-order valence-electron chi connectivity index (χ3n) is 2.98. The molecule has 0 saturated heterocycles. The molecule has 1 heterocycles. The zero-order chi connectivity index (χ0) is 12.5. The molecule has 0 bridgehead atoms. The summed E-state index contributed by atoms with van der Waals surface area (Å²) in [4.78, 5) is 0. The largest absolute Gasteiger partial charge is 0.310 e. The topological polar surface area (TPSA) is 29.9 Å². The van der Waals surface area contributed by atoms with Crippen LogP contribution in [0.4, 0.5) is 0 Å². The van der Waals surface area contributed by atoms with Crippen molar-refractivity contribution in [2.45, 2.75) is 25.4 Å². The molecule has 2 aromatic rings. The third-order valence-corrected chi connectivity index (χ3v) is 3.69. The molecule has 0 spiro atoms. The predicted octanol–water partition coefficient (Wildman–Crippen LogP) is 3.54. The first-order chi connectivity index (χ1) is 8.72. The van der Waals surface area contributed by atoms with E-state index in [-0.39, 0.29) is 0 Å². The molecule has 0 amide bonds. The minimum Gasteiger partial charge on any atom is -0.310 e. The first-order valence-electron chi connectivity index (χ1n) is 5.95. The Bertz CT molecular complexity index is 563. The van der Waals surface area contributed by atoms with Crippen molar-refractivity contribution < 1.29 is 0 Å². The van der Waals surface area contributed by atoms with Crippen molar-refractivity contribution in [3.63, 3.8) is 0 Å². The summed E-state index contributed by atoms with van der Waals surface area (Å²) >= 11 is 9.68. The highest BCUT2D eigenvalue weighted by Gasteiger charge is 2.20. The van der Waals surface area contributed by atoms with E-state index in [2.05, 4.69) is 32.4 Å². The van der Waals surface area contributed by atoms with E-state index < -0.39 is 0 Å². The molecule has 3 nitrogen and oxygen atoms in total. The number of nitrogens with zero attached hydrogens (tertiary/aromatic N) is 2. The SMILES string of the molecule is Clc1cc(CNC2CC2)ccc1-n1cc(Br)cn1. The Morgan fingerprint density at radius 2 is 2.28 bits per heavy atom. The number of benzene rings is 1. The summed E-state index contributed by atoms with van der Waals surface area (Å²) in [5, 5.41) is 8.43. The standard InChI is InChI=1S/C13H13BrClN3/c14-10-7-17-18(8-10)13-4-1-9(5-12(13)15)6-16-11-2-3-11/h1,4-5,7-8,11,16H,2-3,6H2. The van der Waals surface area contributed by atoms with Gasteiger partial charge in [0.15, 0.2) is 0 Å². The van der Waals surface area contributed by atoms with E-state index in [1.807, 2.05) is 18.3 Å². The number of rotatable bonds is 4. The molecule has 1 fully saturated rings. The van der Waals surface area contributed by atoms with Gasteiger partial charge in [-0.05, 0) is 46.5 Å². The lowest BCUT2D eigenvalue weighted by Gasteiger charge is -2.08. The Kier molecular flexibility index (Phi) is 3.41. The zero-order valence-electron chi connectivity index (χ0n) is 9.74. The van der Waals surface area contributed by atoms with E-state index >= 15 is 0 Å². The van der Waals surface area contributed by atoms with E-state index in [0.717, 1.165) is 21.7 Å². The van der Waals surface area contributed by atoms with Crippen LogP contribution in [0.2, 0.25) is 5.02 Å². The summed E-state index contributed by atoms with van der Waals surface area (Å²) in [6.07, 6.45) is 6.24. The highest BCUT2D eigenvalue weighted by molar-refractivity contribution is 9.10. The summed E-state index contributed by atoms with van der Waals surface area (Å²) < 4.78 is 2.71. The molecule has 1 saturated carbocycles. The fourth-order valence-electron chi connectivity index (χ4n) is 1.83. The number of hydrogen-bond acceptors (Lipinski definition) is 2. The second-order valence-corrected chi connectivity index (χ2v) is 5.87. The number of halogens is 2. The van der Waals surface area contributed by atoms with E-state index in [0.29, 0.717) is 6.04 Å². The van der Waals surface area contributed by atoms with Gasteiger partial charge in [0.05, 0.1) is 21.4 Å². The molecule has 0 aliphatic heterocycles. The van der Waals surface area contributed by atoms with E-state index in [9.17, 15) is 0 Å². The lowest BCUT2D eigenvalue weighted by atomic mass is 10.2. The molecule has 18 heavy (non-hydrogen) atoms. The summed E-state index contributed by atoms with van der Waals surface area (Å²) in [6.45, 7) is 0.882. The molecule has 0 unspecified atom stereocenters. The quantitative estimate of drug-likeness (QED) is 0.931. The van der Waals surface area contributed by atoms with Crippen LogP contribution in [0.1, 0.15) is 18.4 Å². The van der Waals surface area contributed by atoms with Crippen LogP contribution < -0.4 is 5.32 Å². The summed E-state index contributed by atoms with van der Waals surface area (Å²) in [7, 11) is 0. The number of aromatic nitrogens is 2. The molecule has 0 radical (unpaired) electrons. The predicted molar refractivity (Wildman–Crippen MR) is 76.1 cm³/mol. The van der Waals surface area contributed by atoms with Crippen LogP contribution in [-0.4, -0.2) is 15.8 Å². The monoisotopic (exact) mass is 325 g/mol. The molecule has 94 valence electrons. The highest BCUT2D eigenvalue weighted by Crippen LogP contribution is 2.24. The average molecular weight is 327 g/mol. The molecule has 1 aliphatic carbocycles. The second-order valence-electron chi connectivity index (χ2n) is 4.54. The van der Waals surface area contributed by atoms with Gasteiger partial charge in [-0.25, -0.2) is 4.68 Å². The van der Waals surface area contributed by atoms with Crippen molar-refractivity contribution in [2.75, 3.05) is 0 Å². The van der Waals surface area contributed by atoms with Crippen LogP contribution >= 0.6 is 27.5 Å². The molecule has 1 aromatic heterocycles. The fraction of sp³-hybridized carbons (Fsp3) is 0.308. The summed E-state index contributed by atoms with van der Waals surface area (Å²) in [5.41, 5.74) is 2.11. The molecule has 3 rings (SSSR count). The van der Waals surface area contributed by atoms with E-state index in [1.54, 1.807) is 10.9 Å². The van der Waals surface area contributed by atoms with E-state index in [4.69, 9.17) is 11.6 Å². The fourth-order valence-corrected chi connectivity index (χ4v) is 2.40. The van der Waals surface area contributed by atoms with Crippen LogP contribution in [0.25, 0.3) is 5.69 Å². The maximum atomic E-state index is 6.30. The van der Waals surface area contributed by atoms with Gasteiger partial charge in [-0.1, -0.05) is 17.7 Å². The molecule has 5 heteroatoms. The Labute approximate surface area is 119 Å². The first-order valence-corrected chi connectivity index (χ1v) is 7.12. The van der Waals surface area contributed by atoms with Gasteiger partial charge in [0.1, 0.15) is 0 Å². The van der Waals surface area contributed by atoms with Crippen LogP contribution in [0.15, 0.2) is 35.1 Å². The van der Waals surface area contributed by atoms with Gasteiger partial charge in [0.25, 0.3) is 0 Å². The lowest BCUT2D eigenvalue weighted by molar-refractivity contribution is 0.687. The summed E-state index contributed by atoms with van der Waals surface area (Å²) in [5.74, 6) is 0. The Hall–Kier alpha value is -0.840. The molecular formula is C13H13BrClN3. The van der Waals surface area contributed by atoms with Crippen LogP contribution in [0, 0.1) is 0 Å². The van der Waals surface area contributed by atoms with Gasteiger partial charge >= 0.3 is 0 Å². The summed E-state index contributed by atoms with van der Waals surface area (Å²) in [6, 6.07) is 6.81. The van der Waals surface area contributed by atoms with Crippen LogP contribution in [0.3, 0.4) is 0 Å². The Morgan fingerprint density at radius 3 is 2.89 bits per heavy atom. The lowest BCUT2D eigenvalue weighted by Crippen LogP contribution is -2.15. The van der Waals surface area contributed by atoms with Gasteiger partial charge in [-0.15, -0.1) is 0 Å². The van der Waals surface area contributed by atoms with Gasteiger partial charge in [-0.2, -0.15) is 5.10 Å². The van der Waals surface area contributed by atoms with Crippen molar-refractivity contribution >= 4 is 27.5 Å². The zero-order valence-corrected chi connectivity index (χ0v) is 12.1. The Balaban J connectivity index is 1.79. The maximum absolute atomic E-state index is 6.30. The minimum absolute atomic E-state index is 0.713. The highest BCUT2D eigenvalue weighted by atomic mass is 79.9. The van der Waals surface area contributed by atoms with Crippen LogP contribution in [0.5, 0.6) is 0 Å². The van der Waals surface area contributed by atoms with Crippen molar-refractivity contribution in [3.8, 4) is 5.69 Å². The van der Waals surface area contributed by atoms with Gasteiger partial charge in [-0.3, -0.25) is 0 Å². The third kappa shape index (κ3) is 2.76. The number of hydrogen-bond donors (Lipinski definition) is 1. The molecule has 1 aromatic carbocycles. The van der Waals surface area contributed by atoms with Gasteiger partial charge in [0.2, 0.25) is 0 Å². The minimum atomic E-state index is 0.713. The molecule has 0 atom stereocenters. The van der Waals surface area contributed by atoms with Gasteiger partial charge in [0, 0.05) is 18.8 Å². The van der Waals surface area contributed by atoms with Gasteiger partial charge < -0.3 is 5.32 Å². The van der Waals surface area contributed by atoms with Crippen LogP contribution in [-0.2, 0) is 6.54 Å².